The molecule has 1 aliphatic carbocycles. The van der Waals surface area contributed by atoms with Gasteiger partial charge in [-0.1, -0.05) is 58.1 Å². The molecule has 0 N–H and O–H groups in total. The van der Waals surface area contributed by atoms with Crippen molar-refractivity contribution in [1.82, 2.24) is 4.90 Å². The van der Waals surface area contributed by atoms with Gasteiger partial charge in [0, 0.05) is 18.5 Å². The Bertz CT molecular complexity index is 381. The van der Waals surface area contributed by atoms with Gasteiger partial charge >= 0.3 is 0 Å². The summed E-state index contributed by atoms with van der Waals surface area (Å²) in [5.74, 6) is 3.06. The van der Waals surface area contributed by atoms with E-state index in [2.05, 4.69) is 47.4 Å². The van der Waals surface area contributed by atoms with Crippen molar-refractivity contribution in [2.45, 2.75) is 78.6 Å². The summed E-state index contributed by atoms with van der Waals surface area (Å²) in [4.78, 5) is 3.78. The van der Waals surface area contributed by atoms with Crippen LogP contribution in [0.15, 0.2) is 0 Å². The lowest BCUT2D eigenvalue weighted by molar-refractivity contribution is 0.0315. The van der Waals surface area contributed by atoms with Crippen molar-refractivity contribution in [3.63, 3.8) is 0 Å². The number of hydrogen-bond acceptors (Lipinski definition) is 1. The van der Waals surface area contributed by atoms with Gasteiger partial charge in [-0.05, 0) is 43.9 Å². The molecule has 0 aromatic carbocycles. The molecule has 0 aromatic rings. The van der Waals surface area contributed by atoms with E-state index >= 15 is 0 Å². The van der Waals surface area contributed by atoms with E-state index in [1.165, 1.54) is 43.6 Å². The van der Waals surface area contributed by atoms with Gasteiger partial charge in [0.15, 0.2) is 0 Å². The summed E-state index contributed by atoms with van der Waals surface area (Å²) in [6.45, 7) is 13.2. The molecule has 21 heavy (non-hydrogen) atoms. The fraction of sp³-hybridized carbons (Fsp3) is 0.944. The highest BCUT2D eigenvalue weighted by atomic mass is 32.1. The Hall–Kier alpha value is -0.0451. The molecule has 4 atom stereocenters. The Morgan fingerprint density at radius 3 is 2.43 bits per heavy atom. The second-order valence-corrected chi connectivity index (χ2v) is 8.95. The summed E-state index contributed by atoms with van der Waals surface area (Å²) in [7, 11) is 2.46. The van der Waals surface area contributed by atoms with Gasteiger partial charge in [-0.3, -0.25) is 0 Å². The van der Waals surface area contributed by atoms with E-state index in [-0.39, 0.29) is 0 Å². The topological polar surface area (TPSA) is 3.24 Å². The van der Waals surface area contributed by atoms with Crippen LogP contribution in [-0.4, -0.2) is 30.3 Å². The highest BCUT2D eigenvalue weighted by Crippen LogP contribution is 2.52. The molecule has 1 nitrogen and oxygen atoms in total. The van der Waals surface area contributed by atoms with Crippen molar-refractivity contribution in [3.8, 4) is 0 Å². The number of rotatable bonds is 2. The molecule has 2 aliphatic rings. The molecule has 2 rings (SSSR count). The second-order valence-electron chi connectivity index (χ2n) is 8.53. The van der Waals surface area contributed by atoms with Gasteiger partial charge in [-0.25, -0.2) is 0 Å². The predicted molar refractivity (Wildman–Crippen MR) is 99.7 cm³/mol. The summed E-state index contributed by atoms with van der Waals surface area (Å²) in [6, 6.07) is 0.563. The van der Waals surface area contributed by atoms with E-state index in [9.17, 15) is 0 Å². The Morgan fingerprint density at radius 2 is 1.86 bits per heavy atom. The Labute approximate surface area is 138 Å². The van der Waals surface area contributed by atoms with Gasteiger partial charge in [0.1, 0.15) is 7.85 Å². The second kappa shape index (κ2) is 6.60. The molecule has 0 aromatic heterocycles. The van der Waals surface area contributed by atoms with Gasteiger partial charge < -0.3 is 4.90 Å². The van der Waals surface area contributed by atoms with E-state index in [0.29, 0.717) is 17.4 Å². The highest BCUT2D eigenvalue weighted by molar-refractivity contribution is 7.80. The van der Waals surface area contributed by atoms with Crippen molar-refractivity contribution >= 4 is 25.1 Å². The quantitative estimate of drug-likeness (QED) is 0.552. The van der Waals surface area contributed by atoms with Crippen molar-refractivity contribution in [2.75, 3.05) is 6.54 Å². The number of thiocarbonyl (C=S) groups is 1. The molecule has 2 fully saturated rings. The van der Waals surface area contributed by atoms with Gasteiger partial charge in [0.05, 0.1) is 4.99 Å². The highest BCUT2D eigenvalue weighted by Gasteiger charge is 2.47. The average molecular weight is 307 g/mol. The molecular formula is C18H34BNS. The van der Waals surface area contributed by atoms with Crippen LogP contribution in [0, 0.1) is 23.2 Å². The van der Waals surface area contributed by atoms with Gasteiger partial charge in [-0.2, -0.15) is 0 Å². The molecule has 1 saturated heterocycles. The minimum Gasteiger partial charge on any atom is -0.363 e. The normalized spacial score (nSPS) is 38.3. The van der Waals surface area contributed by atoms with E-state index in [4.69, 9.17) is 12.2 Å². The number of hydrogen-bond donors (Lipinski definition) is 0. The molecule has 0 spiro atoms. The third kappa shape index (κ3) is 3.33. The zero-order valence-electron chi connectivity index (χ0n) is 15.0. The van der Waals surface area contributed by atoms with Crippen molar-refractivity contribution in [3.05, 3.63) is 0 Å². The molecule has 1 aliphatic heterocycles. The summed E-state index contributed by atoms with van der Waals surface area (Å²) < 4.78 is 0. The average Bonchev–Trinajstić information content (AvgIpc) is 2.37. The maximum atomic E-state index is 5.95. The van der Waals surface area contributed by atoms with Crippen molar-refractivity contribution in [2.24, 2.45) is 23.2 Å². The lowest BCUT2D eigenvalue weighted by atomic mass is 9.54. The monoisotopic (exact) mass is 307 g/mol. The molecule has 1 heterocycles. The van der Waals surface area contributed by atoms with Crippen LogP contribution in [0.1, 0.15) is 66.7 Å². The maximum absolute atomic E-state index is 5.95. The van der Waals surface area contributed by atoms with Gasteiger partial charge in [0.2, 0.25) is 0 Å². The Balaban J connectivity index is 2.30. The number of likely N-dealkylation sites (tertiary alicyclic amines) is 1. The predicted octanol–water partition coefficient (Wildman–Crippen LogP) is 4.32. The summed E-state index contributed by atoms with van der Waals surface area (Å²) >= 11 is 5.95. The van der Waals surface area contributed by atoms with Crippen LogP contribution in [-0.2, 0) is 0 Å². The lowest BCUT2D eigenvalue weighted by Crippen LogP contribution is -2.53. The van der Waals surface area contributed by atoms with E-state index in [1.807, 2.05) is 0 Å². The maximum Gasteiger partial charge on any atom is 0.105 e. The Kier molecular flexibility index (Phi) is 5.44. The fourth-order valence-corrected chi connectivity index (χ4v) is 5.54. The first-order valence-electron chi connectivity index (χ1n) is 9.07. The first-order chi connectivity index (χ1) is 9.77. The van der Waals surface area contributed by atoms with Crippen LogP contribution in [0.25, 0.3) is 0 Å². The van der Waals surface area contributed by atoms with Crippen molar-refractivity contribution < 1.29 is 0 Å². The largest absolute Gasteiger partial charge is 0.363 e. The minimum absolute atomic E-state index is 0.456. The third-order valence-corrected chi connectivity index (χ3v) is 7.09. The standard InChI is InChI=1S/C18H34BNS/c1-12(2)18(5)11-14(19)7-6-8-15-16(18)9-10-20(13(3)4)17(15)21/h12-16H,6-11,19H2,1-5H3. The molecule has 120 valence electrons. The van der Waals surface area contributed by atoms with Crippen LogP contribution in [0.3, 0.4) is 0 Å². The number of nitrogens with zero attached hydrogens (tertiary/aromatic N) is 1. The SMILES string of the molecule is BC1CCCC2C(=S)N(C(C)C)CCC2C(C)(C(C)C)C1. The minimum atomic E-state index is 0.456. The number of piperidine rings is 1. The smallest absolute Gasteiger partial charge is 0.105 e. The van der Waals surface area contributed by atoms with Crippen LogP contribution < -0.4 is 0 Å². The Morgan fingerprint density at radius 1 is 1.19 bits per heavy atom. The van der Waals surface area contributed by atoms with Crippen LogP contribution in [0.5, 0.6) is 0 Å². The molecule has 0 radical (unpaired) electrons. The lowest BCUT2D eigenvalue weighted by Gasteiger charge is -2.53. The molecule has 4 unspecified atom stereocenters. The van der Waals surface area contributed by atoms with E-state index in [1.54, 1.807) is 0 Å². The summed E-state index contributed by atoms with van der Waals surface area (Å²) in [6.07, 6.45) is 6.79. The van der Waals surface area contributed by atoms with Crippen LogP contribution in [0.2, 0.25) is 5.82 Å². The molecule has 1 saturated carbocycles. The third-order valence-electron chi connectivity index (χ3n) is 6.56. The first-order valence-corrected chi connectivity index (χ1v) is 9.48. The number of fused-ring (bicyclic) bond motifs is 1. The van der Waals surface area contributed by atoms with Crippen molar-refractivity contribution in [1.29, 1.82) is 0 Å². The first kappa shape index (κ1) is 17.3. The van der Waals surface area contributed by atoms with Gasteiger partial charge in [-0.15, -0.1) is 0 Å². The zero-order valence-corrected chi connectivity index (χ0v) is 15.8. The molecule has 3 heteroatoms. The molecule has 0 amide bonds. The molecule has 0 bridgehead atoms. The van der Waals surface area contributed by atoms with Crippen LogP contribution >= 0.6 is 12.2 Å². The van der Waals surface area contributed by atoms with Gasteiger partial charge in [0.25, 0.3) is 0 Å². The van der Waals surface area contributed by atoms with E-state index < -0.39 is 0 Å². The zero-order chi connectivity index (χ0) is 15.8. The summed E-state index contributed by atoms with van der Waals surface area (Å²) in [5, 5.41) is 0. The molecular weight excluding hydrogens is 273 g/mol. The summed E-state index contributed by atoms with van der Waals surface area (Å²) in [5.41, 5.74) is 0.456. The van der Waals surface area contributed by atoms with Crippen LogP contribution in [0.4, 0.5) is 0 Å². The fourth-order valence-electron chi connectivity index (χ4n) is 4.96. The van der Waals surface area contributed by atoms with E-state index in [0.717, 1.165) is 17.7 Å².